The first-order valence-electron chi connectivity index (χ1n) is 6.69. The van der Waals surface area contributed by atoms with Crippen LogP contribution in [-0.4, -0.2) is 34.4 Å². The number of H-pyrrole nitrogens is 1. The van der Waals surface area contributed by atoms with Crippen LogP contribution < -0.4 is 10.4 Å². The zero-order valence-corrected chi connectivity index (χ0v) is 12.2. The third kappa shape index (κ3) is 2.44. The number of nitrogens with zero attached hydrogens (tertiary/aromatic N) is 6. The van der Waals surface area contributed by atoms with Gasteiger partial charge in [-0.25, -0.2) is 4.79 Å². The van der Waals surface area contributed by atoms with Gasteiger partial charge in [-0.3, -0.25) is 5.09 Å². The minimum atomic E-state index is -0.371. The molecule has 0 atom stereocenters. The molecule has 1 N–H and O–H groups in total. The summed E-state index contributed by atoms with van der Waals surface area (Å²) in [4.78, 5) is 13.0. The molecule has 110 valence electrons. The van der Waals surface area contributed by atoms with Crippen molar-refractivity contribution in [3.05, 3.63) is 33.2 Å². The SMILES string of the molecule is [3H]n1ccc(OCc2c(-n3nnn(C)c3=O)nsc2CC)n1. The van der Waals surface area contributed by atoms with Gasteiger partial charge in [0.05, 0.1) is 5.56 Å². The molecule has 0 fully saturated rings. The molecule has 21 heavy (non-hydrogen) atoms. The summed E-state index contributed by atoms with van der Waals surface area (Å²) < 4.78 is 19.5. The van der Waals surface area contributed by atoms with Crippen LogP contribution in [0.15, 0.2) is 17.1 Å². The van der Waals surface area contributed by atoms with Crippen molar-refractivity contribution >= 4 is 11.5 Å². The lowest BCUT2D eigenvalue weighted by Crippen LogP contribution is -2.23. The summed E-state index contributed by atoms with van der Waals surface area (Å²) in [6.45, 7) is 2.19. The van der Waals surface area contributed by atoms with E-state index in [4.69, 9.17) is 6.15 Å². The van der Waals surface area contributed by atoms with E-state index < -0.39 is 0 Å². The second-order valence-corrected chi connectivity index (χ2v) is 5.07. The number of rotatable bonds is 5. The van der Waals surface area contributed by atoms with Crippen LogP contribution in [0.2, 0.25) is 1.41 Å². The zero-order chi connectivity index (χ0) is 15.7. The van der Waals surface area contributed by atoms with Gasteiger partial charge in [0.1, 0.15) is 6.61 Å². The lowest BCUT2D eigenvalue weighted by atomic mass is 10.2. The first-order chi connectivity index (χ1) is 10.6. The number of tetrazole rings is 1. The molecule has 3 aromatic rings. The Kier molecular flexibility index (Phi) is 3.20. The zero-order valence-electron chi connectivity index (χ0n) is 12.4. The molecule has 9 nitrogen and oxygen atoms in total. The van der Waals surface area contributed by atoms with Gasteiger partial charge in [0.25, 0.3) is 0 Å². The van der Waals surface area contributed by atoms with Crippen LogP contribution in [0.4, 0.5) is 0 Å². The normalized spacial score (nSPS) is 11.6. The second-order valence-electron chi connectivity index (χ2n) is 4.22. The highest BCUT2D eigenvalue weighted by Crippen LogP contribution is 2.23. The largest absolute Gasteiger partial charge is 0.472 e. The number of hydrogen-bond donors (Lipinski definition) is 1. The highest BCUT2D eigenvalue weighted by molar-refractivity contribution is 7.06. The molecular formula is C11H13N7O2S. The van der Waals surface area contributed by atoms with Crippen LogP contribution in [0.25, 0.3) is 5.82 Å². The van der Waals surface area contributed by atoms with E-state index in [0.717, 1.165) is 31.3 Å². The first kappa shape index (κ1) is 12.3. The highest BCUT2D eigenvalue weighted by Gasteiger charge is 2.19. The van der Waals surface area contributed by atoms with Gasteiger partial charge < -0.3 is 4.74 Å². The molecule has 3 rings (SSSR count). The minimum absolute atomic E-state index is 0.190. The number of aryl methyl sites for hydroxylation is 2. The summed E-state index contributed by atoms with van der Waals surface area (Å²) in [5.41, 5.74) is 0.402. The van der Waals surface area contributed by atoms with Crippen LogP contribution >= 0.6 is 11.5 Å². The van der Waals surface area contributed by atoms with Crippen LogP contribution in [0, 0.1) is 0 Å². The molecule has 3 heterocycles. The monoisotopic (exact) mass is 309 g/mol. The second kappa shape index (κ2) is 5.48. The van der Waals surface area contributed by atoms with Crippen molar-refractivity contribution in [2.75, 3.05) is 0 Å². The Balaban J connectivity index is 1.93. The molecule has 0 unspecified atom stereocenters. The van der Waals surface area contributed by atoms with Gasteiger partial charge in [0.2, 0.25) is 5.88 Å². The van der Waals surface area contributed by atoms with Crippen molar-refractivity contribution < 1.29 is 6.15 Å². The van der Waals surface area contributed by atoms with Crippen molar-refractivity contribution in [3.8, 4) is 11.7 Å². The Hall–Kier alpha value is -2.49. The molecule has 0 aliphatic heterocycles. The number of aromatic nitrogens is 7. The van der Waals surface area contributed by atoms with E-state index in [1.165, 1.54) is 24.8 Å². The fourth-order valence-corrected chi connectivity index (χ4v) is 2.59. The Morgan fingerprint density at radius 2 is 2.38 bits per heavy atom. The lowest BCUT2D eigenvalue weighted by Gasteiger charge is -2.04. The van der Waals surface area contributed by atoms with Crippen molar-refractivity contribution in [1.82, 2.24) is 34.4 Å². The standard InChI is InChI=1S/C11H13N7O2S/c1-3-8-7(6-20-9-4-5-12-13-9)10(14-21-8)18-11(19)17(2)15-16-18/h4-5H,3,6H2,1-2H3,(H,12,13)/i/hT. The molecule has 0 bridgehead atoms. The molecule has 0 spiro atoms. The maximum Gasteiger partial charge on any atom is 0.369 e. The topological polar surface area (TPSA) is 104 Å². The van der Waals surface area contributed by atoms with Crippen molar-refractivity contribution in [2.24, 2.45) is 7.05 Å². The van der Waals surface area contributed by atoms with E-state index >= 15 is 0 Å². The quantitative estimate of drug-likeness (QED) is 0.726. The molecule has 0 aromatic carbocycles. The van der Waals surface area contributed by atoms with Crippen LogP contribution in [0.3, 0.4) is 0 Å². The van der Waals surface area contributed by atoms with Gasteiger partial charge in [-0.2, -0.15) is 9.06 Å². The van der Waals surface area contributed by atoms with Gasteiger partial charge in [0.15, 0.2) is 7.23 Å². The molecule has 0 aliphatic rings. The summed E-state index contributed by atoms with van der Waals surface area (Å²) in [7, 11) is 1.52. The van der Waals surface area contributed by atoms with Gasteiger partial charge in [0, 0.05) is 24.2 Å². The maximum atomic E-state index is 12.0. The van der Waals surface area contributed by atoms with Gasteiger partial charge in [-0.05, 0) is 28.4 Å². The highest BCUT2D eigenvalue weighted by atomic mass is 32.1. The Bertz CT molecular complexity index is 849. The van der Waals surface area contributed by atoms with Crippen molar-refractivity contribution in [3.63, 3.8) is 0 Å². The molecule has 0 radical (unpaired) electrons. The van der Waals surface area contributed by atoms with Crippen molar-refractivity contribution in [2.45, 2.75) is 20.0 Å². The van der Waals surface area contributed by atoms with Gasteiger partial charge >= 0.3 is 5.69 Å². The third-order valence-electron chi connectivity index (χ3n) is 2.90. The average Bonchev–Trinajstić information content (AvgIpc) is 3.18. The van der Waals surface area contributed by atoms with Gasteiger partial charge in [-0.1, -0.05) is 6.92 Å². The first-order valence-corrected chi connectivity index (χ1v) is 7.02. The van der Waals surface area contributed by atoms with Gasteiger partial charge in [-0.15, -0.1) is 9.78 Å². The van der Waals surface area contributed by atoms with E-state index in [9.17, 15) is 4.79 Å². The molecule has 0 saturated heterocycles. The van der Waals surface area contributed by atoms with E-state index in [2.05, 4.69) is 19.9 Å². The lowest BCUT2D eigenvalue weighted by molar-refractivity contribution is 0.292. The van der Waals surface area contributed by atoms with E-state index in [1.54, 1.807) is 6.07 Å². The van der Waals surface area contributed by atoms with Crippen molar-refractivity contribution in [1.29, 1.82) is 0 Å². The molecular weight excluding hydrogens is 294 g/mol. The summed E-state index contributed by atoms with van der Waals surface area (Å²) in [6.07, 6.45) is 2.23. The summed E-state index contributed by atoms with van der Waals surface area (Å²) in [5.74, 6) is 0.756. The molecule has 3 aromatic heterocycles. The fraction of sp³-hybridized carbons (Fsp3) is 0.364. The van der Waals surface area contributed by atoms with Crippen LogP contribution in [0.5, 0.6) is 5.88 Å². The molecule has 0 aliphatic carbocycles. The van der Waals surface area contributed by atoms with Crippen LogP contribution in [-0.2, 0) is 20.1 Å². The summed E-state index contributed by atoms with van der Waals surface area (Å²) >= 11 is 1.30. The fourth-order valence-electron chi connectivity index (χ4n) is 1.81. The predicted octanol–water partition coefficient (Wildman–Crippen LogP) is 0.287. The van der Waals surface area contributed by atoms with E-state index in [0.29, 0.717) is 11.7 Å². The van der Waals surface area contributed by atoms with Crippen LogP contribution in [0.1, 0.15) is 17.4 Å². The Morgan fingerprint density at radius 1 is 1.52 bits per heavy atom. The Labute approximate surface area is 124 Å². The maximum absolute atomic E-state index is 12.0. The number of hydrogen-bond acceptors (Lipinski definition) is 7. The smallest absolute Gasteiger partial charge is 0.369 e. The molecule has 0 saturated carbocycles. The number of aromatic amines is 1. The average molecular weight is 309 g/mol. The summed E-state index contributed by atoms with van der Waals surface area (Å²) in [6, 6.07) is 1.59. The minimum Gasteiger partial charge on any atom is -0.472 e. The molecule has 10 heteroatoms. The van der Waals surface area contributed by atoms with E-state index in [-0.39, 0.29) is 12.3 Å². The predicted molar refractivity (Wildman–Crippen MR) is 74.6 cm³/mol. The number of ether oxygens (including phenoxy) is 1. The third-order valence-corrected chi connectivity index (χ3v) is 3.92. The molecule has 0 amide bonds. The van der Waals surface area contributed by atoms with E-state index in [1.807, 2.05) is 6.92 Å². The Morgan fingerprint density at radius 3 is 3.00 bits per heavy atom. The number of nitrogens with one attached hydrogen (secondary N) is 1. The summed E-state index contributed by atoms with van der Waals surface area (Å²) in [5, 5.41) is 12.2.